The topological polar surface area (TPSA) is 51.2 Å². The van der Waals surface area contributed by atoms with Crippen LogP contribution in [0.4, 0.5) is 0 Å². The molecule has 0 spiro atoms. The summed E-state index contributed by atoms with van der Waals surface area (Å²) in [6.45, 7) is 3.86. The predicted molar refractivity (Wildman–Crippen MR) is 69.7 cm³/mol. The van der Waals surface area contributed by atoms with E-state index in [-0.39, 0.29) is 0 Å². The summed E-state index contributed by atoms with van der Waals surface area (Å²) in [4.78, 5) is 0. The third-order valence-electron chi connectivity index (χ3n) is 3.03. The minimum absolute atomic E-state index is 0.432. The van der Waals surface area contributed by atoms with Gasteiger partial charge < -0.3 is 9.52 Å². The average molecular weight is 269 g/mol. The smallest absolute Gasteiger partial charge is 0.101 e. The molecule has 98 valence electrons. The van der Waals surface area contributed by atoms with Crippen molar-refractivity contribution in [1.82, 2.24) is 9.78 Å². The van der Waals surface area contributed by atoms with Crippen LogP contribution in [0.1, 0.15) is 35.7 Å². The van der Waals surface area contributed by atoms with Crippen molar-refractivity contribution in [2.75, 3.05) is 0 Å². The Labute approximate surface area is 111 Å². The number of aliphatic hydroxyl groups is 1. The fraction of sp³-hybridized carbons (Fsp3) is 0.462. The maximum absolute atomic E-state index is 10.2. The van der Waals surface area contributed by atoms with Crippen LogP contribution in [0, 0.1) is 6.92 Å². The Morgan fingerprint density at radius 2 is 2.28 bits per heavy atom. The van der Waals surface area contributed by atoms with Crippen LogP contribution in [0.15, 0.2) is 16.7 Å². The highest BCUT2D eigenvalue weighted by atomic mass is 35.5. The first-order valence-electron chi connectivity index (χ1n) is 5.96. The molecule has 2 rings (SSSR count). The van der Waals surface area contributed by atoms with Gasteiger partial charge in [-0.05, 0) is 19.4 Å². The highest BCUT2D eigenvalue weighted by Crippen LogP contribution is 2.27. The molecule has 2 aromatic heterocycles. The third-order valence-corrected chi connectivity index (χ3v) is 3.46. The first-order valence-corrected chi connectivity index (χ1v) is 6.34. The quantitative estimate of drug-likeness (QED) is 0.928. The van der Waals surface area contributed by atoms with Gasteiger partial charge in [-0.25, -0.2) is 0 Å². The molecule has 18 heavy (non-hydrogen) atoms. The molecular weight excluding hydrogens is 252 g/mol. The summed E-state index contributed by atoms with van der Waals surface area (Å²) >= 11 is 6.25. The second-order valence-electron chi connectivity index (χ2n) is 4.40. The molecule has 0 aliphatic rings. The maximum Gasteiger partial charge on any atom is 0.101 e. The number of nitrogens with zero attached hydrogens (tertiary/aromatic N) is 2. The average Bonchev–Trinajstić information content (AvgIpc) is 2.87. The standard InChI is InChI=1S/C13H17ClN2O2/c1-4-10-13(14)11(16(3)15-10)6-12(17)9-5-8(2)18-7-9/h5,7,12,17H,4,6H2,1-3H3. The number of rotatable bonds is 4. The van der Waals surface area contributed by atoms with Gasteiger partial charge in [-0.15, -0.1) is 0 Å². The summed E-state index contributed by atoms with van der Waals surface area (Å²) in [5.74, 6) is 0.786. The molecule has 0 amide bonds. The van der Waals surface area contributed by atoms with Gasteiger partial charge in [0.2, 0.25) is 0 Å². The zero-order valence-corrected chi connectivity index (χ0v) is 11.5. The van der Waals surface area contributed by atoms with Crippen LogP contribution in [0.2, 0.25) is 5.02 Å². The number of hydrogen-bond acceptors (Lipinski definition) is 3. The van der Waals surface area contributed by atoms with E-state index in [4.69, 9.17) is 16.0 Å². The lowest BCUT2D eigenvalue weighted by atomic mass is 10.1. The summed E-state index contributed by atoms with van der Waals surface area (Å²) < 4.78 is 6.93. The molecule has 0 aliphatic carbocycles. The molecule has 5 heteroatoms. The molecular formula is C13H17ClN2O2. The largest absolute Gasteiger partial charge is 0.469 e. The first kappa shape index (κ1) is 13.2. The van der Waals surface area contributed by atoms with Gasteiger partial charge in [-0.3, -0.25) is 4.68 Å². The van der Waals surface area contributed by atoms with Crippen molar-refractivity contribution in [3.05, 3.63) is 40.1 Å². The predicted octanol–water partition coefficient (Wildman–Crippen LogP) is 2.81. The SMILES string of the molecule is CCc1nn(C)c(CC(O)c2coc(C)c2)c1Cl. The van der Waals surface area contributed by atoms with Crippen LogP contribution in [0.3, 0.4) is 0 Å². The molecule has 0 radical (unpaired) electrons. The number of aliphatic hydroxyl groups excluding tert-OH is 1. The Kier molecular flexibility index (Phi) is 3.78. The fourth-order valence-corrected chi connectivity index (χ4v) is 2.35. The lowest BCUT2D eigenvalue weighted by Gasteiger charge is -2.08. The normalized spacial score (nSPS) is 12.9. The van der Waals surface area contributed by atoms with E-state index in [0.717, 1.165) is 29.1 Å². The molecule has 0 saturated heterocycles. The van der Waals surface area contributed by atoms with Gasteiger partial charge in [0, 0.05) is 19.0 Å². The molecule has 1 N–H and O–H groups in total. The second-order valence-corrected chi connectivity index (χ2v) is 4.77. The number of hydrogen-bond donors (Lipinski definition) is 1. The summed E-state index contributed by atoms with van der Waals surface area (Å²) in [7, 11) is 1.84. The van der Waals surface area contributed by atoms with E-state index >= 15 is 0 Å². The van der Waals surface area contributed by atoms with Gasteiger partial charge in [0.15, 0.2) is 0 Å². The van der Waals surface area contributed by atoms with E-state index in [1.165, 1.54) is 0 Å². The molecule has 2 heterocycles. The van der Waals surface area contributed by atoms with Crippen LogP contribution < -0.4 is 0 Å². The zero-order chi connectivity index (χ0) is 13.3. The van der Waals surface area contributed by atoms with Crippen LogP contribution >= 0.6 is 11.6 Å². The highest BCUT2D eigenvalue weighted by Gasteiger charge is 2.18. The second kappa shape index (κ2) is 5.16. The molecule has 4 nitrogen and oxygen atoms in total. The fourth-order valence-electron chi connectivity index (χ4n) is 1.98. The molecule has 0 fully saturated rings. The molecule has 1 unspecified atom stereocenters. The lowest BCUT2D eigenvalue weighted by Crippen LogP contribution is -2.06. The number of aromatic nitrogens is 2. The number of aryl methyl sites for hydroxylation is 3. The van der Waals surface area contributed by atoms with Crippen molar-refractivity contribution in [3.8, 4) is 0 Å². The Bertz CT molecular complexity index is 545. The number of halogens is 1. The Morgan fingerprint density at radius 3 is 2.78 bits per heavy atom. The van der Waals surface area contributed by atoms with Crippen LogP contribution in [-0.4, -0.2) is 14.9 Å². The third kappa shape index (κ3) is 2.44. The molecule has 0 aliphatic heterocycles. The molecule has 1 atom stereocenters. The van der Waals surface area contributed by atoms with Crippen LogP contribution in [0.25, 0.3) is 0 Å². The van der Waals surface area contributed by atoms with Crippen molar-refractivity contribution >= 4 is 11.6 Å². The molecule has 0 bridgehead atoms. The van der Waals surface area contributed by atoms with E-state index < -0.39 is 6.10 Å². The van der Waals surface area contributed by atoms with Gasteiger partial charge >= 0.3 is 0 Å². The van der Waals surface area contributed by atoms with Crippen LogP contribution in [0.5, 0.6) is 0 Å². The van der Waals surface area contributed by atoms with Crippen molar-refractivity contribution in [2.45, 2.75) is 32.8 Å². The minimum Gasteiger partial charge on any atom is -0.469 e. The Balaban J connectivity index is 2.21. The number of furan rings is 1. The lowest BCUT2D eigenvalue weighted by molar-refractivity contribution is 0.175. The van der Waals surface area contributed by atoms with Crippen LogP contribution in [-0.2, 0) is 19.9 Å². The van der Waals surface area contributed by atoms with E-state index in [9.17, 15) is 5.11 Å². The summed E-state index contributed by atoms with van der Waals surface area (Å²) in [5.41, 5.74) is 2.48. The summed E-state index contributed by atoms with van der Waals surface area (Å²) in [6.07, 6.45) is 2.17. The van der Waals surface area contributed by atoms with Gasteiger partial charge in [0.25, 0.3) is 0 Å². The van der Waals surface area contributed by atoms with Crippen molar-refractivity contribution in [2.24, 2.45) is 7.05 Å². The monoisotopic (exact) mass is 268 g/mol. The first-order chi connectivity index (χ1) is 8.52. The highest BCUT2D eigenvalue weighted by molar-refractivity contribution is 6.31. The molecule has 0 saturated carbocycles. The van der Waals surface area contributed by atoms with E-state index in [2.05, 4.69) is 5.10 Å². The van der Waals surface area contributed by atoms with E-state index in [1.54, 1.807) is 10.9 Å². The zero-order valence-electron chi connectivity index (χ0n) is 10.8. The van der Waals surface area contributed by atoms with Gasteiger partial charge in [-0.2, -0.15) is 5.10 Å². The van der Waals surface area contributed by atoms with Gasteiger partial charge in [0.05, 0.1) is 28.8 Å². The summed E-state index contributed by atoms with van der Waals surface area (Å²) in [6, 6.07) is 1.83. The maximum atomic E-state index is 10.2. The van der Waals surface area contributed by atoms with E-state index in [0.29, 0.717) is 11.4 Å². The Hall–Kier alpha value is -1.26. The van der Waals surface area contributed by atoms with Crippen molar-refractivity contribution < 1.29 is 9.52 Å². The Morgan fingerprint density at radius 1 is 1.56 bits per heavy atom. The van der Waals surface area contributed by atoms with E-state index in [1.807, 2.05) is 27.0 Å². The van der Waals surface area contributed by atoms with Gasteiger partial charge in [-0.1, -0.05) is 18.5 Å². The summed E-state index contributed by atoms with van der Waals surface area (Å²) in [5, 5.41) is 15.1. The van der Waals surface area contributed by atoms with Gasteiger partial charge in [0.1, 0.15) is 5.76 Å². The molecule has 2 aromatic rings. The van der Waals surface area contributed by atoms with Crippen molar-refractivity contribution in [1.29, 1.82) is 0 Å². The van der Waals surface area contributed by atoms with Crippen molar-refractivity contribution in [3.63, 3.8) is 0 Å². The molecule has 0 aromatic carbocycles. The minimum atomic E-state index is -0.625.